The third-order valence-corrected chi connectivity index (χ3v) is 5.40. The van der Waals surface area contributed by atoms with Crippen LogP contribution in [0.3, 0.4) is 0 Å². The highest BCUT2D eigenvalue weighted by atomic mass is 32.2. The van der Waals surface area contributed by atoms with Crippen LogP contribution in [0.25, 0.3) is 0 Å². The van der Waals surface area contributed by atoms with Crippen molar-refractivity contribution in [2.24, 2.45) is 0 Å². The van der Waals surface area contributed by atoms with Crippen molar-refractivity contribution in [2.75, 3.05) is 32.7 Å². The van der Waals surface area contributed by atoms with E-state index in [0.717, 1.165) is 0 Å². The Morgan fingerprint density at radius 3 is 2.35 bits per heavy atom. The number of rotatable bonds is 3. The number of amides is 2. The highest BCUT2D eigenvalue weighted by molar-refractivity contribution is 7.89. The number of terminal acetylenes is 1. The summed E-state index contributed by atoms with van der Waals surface area (Å²) in [6.45, 7) is 1.16. The fourth-order valence-electron chi connectivity index (χ4n) is 2.22. The number of sulfonamides is 1. The first-order valence-corrected chi connectivity index (χ1v) is 8.39. The van der Waals surface area contributed by atoms with E-state index in [2.05, 4.69) is 11.2 Å². The standard InChI is InChI=1S/C15H16N4O3S/c1-2-7-17-15(20)18-8-10-19(11-9-18)23(21,22)14-5-3-13(12-16)4-6-14/h1,3-6H,7-11H2,(H,17,20). The molecular formula is C15H16N4O3S. The first kappa shape index (κ1) is 16.8. The summed E-state index contributed by atoms with van der Waals surface area (Å²) in [5.41, 5.74) is 0.402. The van der Waals surface area contributed by atoms with Crippen molar-refractivity contribution < 1.29 is 13.2 Å². The van der Waals surface area contributed by atoms with Crippen LogP contribution >= 0.6 is 0 Å². The van der Waals surface area contributed by atoms with E-state index in [0.29, 0.717) is 18.7 Å². The Morgan fingerprint density at radius 1 is 1.22 bits per heavy atom. The molecule has 1 N–H and O–H groups in total. The van der Waals surface area contributed by atoms with Crippen LogP contribution in [-0.4, -0.2) is 56.4 Å². The van der Waals surface area contributed by atoms with E-state index in [-0.39, 0.29) is 30.6 Å². The van der Waals surface area contributed by atoms with Gasteiger partial charge in [-0.1, -0.05) is 5.92 Å². The number of nitrogens with one attached hydrogen (secondary N) is 1. The number of carbonyl (C=O) groups is 1. The van der Waals surface area contributed by atoms with Gasteiger partial charge in [-0.05, 0) is 24.3 Å². The predicted molar refractivity (Wildman–Crippen MR) is 83.7 cm³/mol. The van der Waals surface area contributed by atoms with E-state index in [1.165, 1.54) is 33.5 Å². The smallest absolute Gasteiger partial charge is 0.318 e. The maximum atomic E-state index is 12.5. The van der Waals surface area contributed by atoms with Crippen LogP contribution in [0.5, 0.6) is 0 Å². The van der Waals surface area contributed by atoms with Crippen LogP contribution in [0.4, 0.5) is 4.79 Å². The van der Waals surface area contributed by atoms with Gasteiger partial charge in [-0.3, -0.25) is 0 Å². The van der Waals surface area contributed by atoms with Crippen molar-refractivity contribution in [2.45, 2.75) is 4.90 Å². The van der Waals surface area contributed by atoms with Gasteiger partial charge in [0.1, 0.15) is 0 Å². The van der Waals surface area contributed by atoms with Crippen LogP contribution in [0.2, 0.25) is 0 Å². The zero-order valence-electron chi connectivity index (χ0n) is 12.4. The van der Waals surface area contributed by atoms with Gasteiger partial charge in [0.05, 0.1) is 23.1 Å². The SMILES string of the molecule is C#CCNC(=O)N1CCN(S(=O)(=O)c2ccc(C#N)cc2)CC1. The molecule has 1 aromatic carbocycles. The second-order valence-corrected chi connectivity index (χ2v) is 6.83. The molecule has 0 bridgehead atoms. The minimum absolute atomic E-state index is 0.140. The number of carbonyl (C=O) groups excluding carboxylic acids is 1. The van der Waals surface area contributed by atoms with Gasteiger partial charge < -0.3 is 10.2 Å². The molecule has 120 valence electrons. The molecule has 1 fully saturated rings. The summed E-state index contributed by atoms with van der Waals surface area (Å²) < 4.78 is 26.4. The summed E-state index contributed by atoms with van der Waals surface area (Å²) in [4.78, 5) is 13.4. The average Bonchev–Trinajstić information content (AvgIpc) is 2.59. The quantitative estimate of drug-likeness (QED) is 0.801. The molecule has 0 radical (unpaired) electrons. The van der Waals surface area contributed by atoms with Crippen LogP contribution < -0.4 is 5.32 Å². The number of benzene rings is 1. The first-order chi connectivity index (χ1) is 11.0. The maximum Gasteiger partial charge on any atom is 0.318 e. The van der Waals surface area contributed by atoms with Gasteiger partial charge in [0.25, 0.3) is 0 Å². The van der Waals surface area contributed by atoms with Gasteiger partial charge in [-0.2, -0.15) is 9.57 Å². The number of hydrogen-bond acceptors (Lipinski definition) is 4. The van der Waals surface area contributed by atoms with Gasteiger partial charge in [-0.15, -0.1) is 6.42 Å². The third kappa shape index (κ3) is 3.81. The minimum atomic E-state index is -3.62. The van der Waals surface area contributed by atoms with E-state index in [1.807, 2.05) is 6.07 Å². The third-order valence-electron chi connectivity index (χ3n) is 3.49. The molecule has 0 unspecified atom stereocenters. The zero-order valence-corrected chi connectivity index (χ0v) is 13.2. The zero-order chi connectivity index (χ0) is 16.9. The van der Waals surface area contributed by atoms with Crippen molar-refractivity contribution in [3.63, 3.8) is 0 Å². The second-order valence-electron chi connectivity index (χ2n) is 4.89. The number of nitrogens with zero attached hydrogens (tertiary/aromatic N) is 3. The Labute approximate surface area is 135 Å². The monoisotopic (exact) mass is 332 g/mol. The summed E-state index contributed by atoms with van der Waals surface area (Å²) in [6.07, 6.45) is 5.08. The molecular weight excluding hydrogens is 316 g/mol. The molecule has 8 heteroatoms. The highest BCUT2D eigenvalue weighted by Gasteiger charge is 2.29. The number of urea groups is 1. The van der Waals surface area contributed by atoms with E-state index in [9.17, 15) is 13.2 Å². The minimum Gasteiger partial charge on any atom is -0.327 e. The average molecular weight is 332 g/mol. The van der Waals surface area contributed by atoms with Crippen LogP contribution in [0.1, 0.15) is 5.56 Å². The maximum absolute atomic E-state index is 12.5. The van der Waals surface area contributed by atoms with Crippen molar-refractivity contribution in [3.05, 3.63) is 29.8 Å². The molecule has 0 aromatic heterocycles. The molecule has 1 aromatic rings. The lowest BCUT2D eigenvalue weighted by molar-refractivity contribution is 0.173. The van der Waals surface area contributed by atoms with Gasteiger partial charge >= 0.3 is 6.03 Å². The molecule has 0 aliphatic carbocycles. The Morgan fingerprint density at radius 2 is 1.83 bits per heavy atom. The molecule has 2 amide bonds. The van der Waals surface area contributed by atoms with E-state index in [1.54, 1.807) is 0 Å². The molecule has 0 spiro atoms. The number of hydrogen-bond donors (Lipinski definition) is 1. The summed E-state index contributed by atoms with van der Waals surface area (Å²) in [7, 11) is -3.62. The summed E-state index contributed by atoms with van der Waals surface area (Å²) in [5, 5.41) is 11.3. The molecule has 2 rings (SSSR count). The molecule has 7 nitrogen and oxygen atoms in total. The van der Waals surface area contributed by atoms with E-state index >= 15 is 0 Å². The van der Waals surface area contributed by atoms with Gasteiger partial charge in [0.15, 0.2) is 0 Å². The van der Waals surface area contributed by atoms with Gasteiger partial charge in [0.2, 0.25) is 10.0 Å². The molecule has 1 saturated heterocycles. The largest absolute Gasteiger partial charge is 0.327 e. The number of nitriles is 1. The fraction of sp³-hybridized carbons (Fsp3) is 0.333. The fourth-order valence-corrected chi connectivity index (χ4v) is 3.64. The van der Waals surface area contributed by atoms with Gasteiger partial charge in [0, 0.05) is 26.2 Å². The topological polar surface area (TPSA) is 93.5 Å². The summed E-state index contributed by atoms with van der Waals surface area (Å²) in [6, 6.07) is 7.42. The molecule has 0 atom stereocenters. The van der Waals surface area contributed by atoms with Crippen molar-refractivity contribution in [1.29, 1.82) is 5.26 Å². The Kier molecular flexibility index (Phi) is 5.22. The summed E-state index contributed by atoms with van der Waals surface area (Å²) >= 11 is 0. The first-order valence-electron chi connectivity index (χ1n) is 6.95. The van der Waals surface area contributed by atoms with Crippen LogP contribution in [0.15, 0.2) is 29.2 Å². The Balaban J connectivity index is 2.02. The molecule has 23 heavy (non-hydrogen) atoms. The predicted octanol–water partition coefficient (Wildman–Crippen LogP) is 0.207. The van der Waals surface area contributed by atoms with Crippen molar-refractivity contribution >= 4 is 16.1 Å². The molecule has 0 saturated carbocycles. The number of piperazine rings is 1. The van der Waals surface area contributed by atoms with Crippen LogP contribution in [-0.2, 0) is 10.0 Å². The van der Waals surface area contributed by atoms with Crippen LogP contribution in [0, 0.1) is 23.7 Å². The van der Waals surface area contributed by atoms with E-state index < -0.39 is 10.0 Å². The van der Waals surface area contributed by atoms with Crippen molar-refractivity contribution in [1.82, 2.24) is 14.5 Å². The lowest BCUT2D eigenvalue weighted by Gasteiger charge is -2.33. The van der Waals surface area contributed by atoms with Crippen molar-refractivity contribution in [3.8, 4) is 18.4 Å². The highest BCUT2D eigenvalue weighted by Crippen LogP contribution is 2.18. The summed E-state index contributed by atoms with van der Waals surface area (Å²) in [5.74, 6) is 2.31. The molecule has 1 aliphatic rings. The lowest BCUT2D eigenvalue weighted by Crippen LogP contribution is -2.53. The normalized spacial score (nSPS) is 15.5. The molecule has 1 heterocycles. The molecule has 1 aliphatic heterocycles. The Bertz CT molecular complexity index is 751. The van der Waals surface area contributed by atoms with Gasteiger partial charge in [-0.25, -0.2) is 13.2 Å². The van der Waals surface area contributed by atoms with E-state index in [4.69, 9.17) is 11.7 Å². The lowest BCUT2D eigenvalue weighted by atomic mass is 10.2. The second kappa shape index (κ2) is 7.14. The Hall–Kier alpha value is -2.55.